The van der Waals surface area contributed by atoms with E-state index in [1.165, 1.54) is 24.1 Å². The second-order valence-electron chi connectivity index (χ2n) is 5.69. The maximum atomic E-state index is 10.5. The predicted molar refractivity (Wildman–Crippen MR) is 90.0 cm³/mol. The van der Waals surface area contributed by atoms with Gasteiger partial charge in [-0.05, 0) is 47.7 Å². The molecule has 1 aliphatic rings. The summed E-state index contributed by atoms with van der Waals surface area (Å²) in [7, 11) is 2.15. The number of benzene rings is 2. The molecule has 1 saturated carbocycles. The molecule has 0 heterocycles. The van der Waals surface area contributed by atoms with Crippen LogP contribution in [0.25, 0.3) is 17.2 Å². The lowest BCUT2D eigenvalue weighted by molar-refractivity contribution is -0.131. The van der Waals surface area contributed by atoms with E-state index in [-0.39, 0.29) is 0 Å². The van der Waals surface area contributed by atoms with Gasteiger partial charge in [0.15, 0.2) is 0 Å². The molecule has 0 amide bonds. The van der Waals surface area contributed by atoms with Gasteiger partial charge in [0, 0.05) is 24.9 Å². The van der Waals surface area contributed by atoms with Crippen molar-refractivity contribution in [3.05, 3.63) is 60.2 Å². The standard InChI is InChI=1S/C19H19NO2/c1-20(17-10-11-17)18-4-2-3-16(13-18)15-8-5-14(6-9-15)7-12-19(21)22/h2-9,12-13,17H,10-11H2,1H3,(H,21,22)/b12-7+. The largest absolute Gasteiger partial charge is 0.478 e. The lowest BCUT2D eigenvalue weighted by Gasteiger charge is -2.19. The molecule has 3 heteroatoms. The first-order chi connectivity index (χ1) is 10.6. The Kier molecular flexibility index (Phi) is 3.96. The number of carboxylic acids is 1. The van der Waals surface area contributed by atoms with Gasteiger partial charge >= 0.3 is 5.97 Å². The van der Waals surface area contributed by atoms with Crippen LogP contribution in [0.2, 0.25) is 0 Å². The third-order valence-corrected chi connectivity index (χ3v) is 4.01. The first-order valence-electron chi connectivity index (χ1n) is 7.48. The van der Waals surface area contributed by atoms with Crippen molar-refractivity contribution in [1.29, 1.82) is 0 Å². The van der Waals surface area contributed by atoms with Crippen LogP contribution in [0.5, 0.6) is 0 Å². The monoisotopic (exact) mass is 293 g/mol. The second kappa shape index (κ2) is 6.06. The molecule has 3 nitrogen and oxygen atoms in total. The van der Waals surface area contributed by atoms with Gasteiger partial charge in [-0.1, -0.05) is 36.4 Å². The highest BCUT2D eigenvalue weighted by atomic mass is 16.4. The van der Waals surface area contributed by atoms with Crippen LogP contribution in [0.15, 0.2) is 54.6 Å². The summed E-state index contributed by atoms with van der Waals surface area (Å²) in [6, 6.07) is 17.2. The van der Waals surface area contributed by atoms with Crippen LogP contribution in [-0.4, -0.2) is 24.2 Å². The summed E-state index contributed by atoms with van der Waals surface area (Å²) in [5.41, 5.74) is 4.45. The van der Waals surface area contributed by atoms with E-state index in [2.05, 4.69) is 36.2 Å². The van der Waals surface area contributed by atoms with Crippen LogP contribution in [0.3, 0.4) is 0 Å². The molecule has 0 bridgehead atoms. The Morgan fingerprint density at radius 3 is 2.50 bits per heavy atom. The summed E-state index contributed by atoms with van der Waals surface area (Å²) in [4.78, 5) is 12.9. The van der Waals surface area contributed by atoms with Gasteiger partial charge in [-0.15, -0.1) is 0 Å². The van der Waals surface area contributed by atoms with Crippen molar-refractivity contribution < 1.29 is 9.90 Å². The van der Waals surface area contributed by atoms with Crippen LogP contribution in [-0.2, 0) is 4.79 Å². The van der Waals surface area contributed by atoms with E-state index in [9.17, 15) is 4.79 Å². The van der Waals surface area contributed by atoms with Crippen LogP contribution in [0, 0.1) is 0 Å². The van der Waals surface area contributed by atoms with Crippen molar-refractivity contribution in [3.8, 4) is 11.1 Å². The summed E-state index contributed by atoms with van der Waals surface area (Å²) in [5.74, 6) is -0.931. The molecule has 22 heavy (non-hydrogen) atoms. The average molecular weight is 293 g/mol. The molecule has 1 fully saturated rings. The van der Waals surface area contributed by atoms with E-state index < -0.39 is 5.97 Å². The van der Waals surface area contributed by atoms with E-state index in [1.54, 1.807) is 6.08 Å². The minimum atomic E-state index is -0.931. The highest BCUT2D eigenvalue weighted by molar-refractivity contribution is 5.85. The van der Waals surface area contributed by atoms with E-state index in [4.69, 9.17) is 5.11 Å². The molecule has 112 valence electrons. The van der Waals surface area contributed by atoms with Gasteiger partial charge < -0.3 is 10.0 Å². The fourth-order valence-electron chi connectivity index (χ4n) is 2.53. The van der Waals surface area contributed by atoms with E-state index in [0.29, 0.717) is 6.04 Å². The highest BCUT2D eigenvalue weighted by Gasteiger charge is 2.26. The zero-order valence-electron chi connectivity index (χ0n) is 12.6. The van der Waals surface area contributed by atoms with Gasteiger partial charge in [0.05, 0.1) is 0 Å². The van der Waals surface area contributed by atoms with Gasteiger partial charge in [-0.3, -0.25) is 0 Å². The quantitative estimate of drug-likeness (QED) is 0.845. The summed E-state index contributed by atoms with van der Waals surface area (Å²) in [6.45, 7) is 0. The molecule has 1 N–H and O–H groups in total. The molecule has 0 spiro atoms. The number of aliphatic carboxylic acids is 1. The Morgan fingerprint density at radius 2 is 1.86 bits per heavy atom. The summed E-state index contributed by atoms with van der Waals surface area (Å²) in [5, 5.41) is 8.65. The zero-order chi connectivity index (χ0) is 15.5. The summed E-state index contributed by atoms with van der Waals surface area (Å²) >= 11 is 0. The molecule has 3 rings (SSSR count). The molecule has 0 unspecified atom stereocenters. The molecule has 2 aromatic carbocycles. The van der Waals surface area contributed by atoms with Crippen molar-refractivity contribution in [1.82, 2.24) is 0 Å². The molecule has 1 aliphatic carbocycles. The topological polar surface area (TPSA) is 40.5 Å². The van der Waals surface area contributed by atoms with E-state index >= 15 is 0 Å². The number of hydrogen-bond acceptors (Lipinski definition) is 2. The lowest BCUT2D eigenvalue weighted by atomic mass is 10.0. The summed E-state index contributed by atoms with van der Waals surface area (Å²) in [6.07, 6.45) is 5.32. The van der Waals surface area contributed by atoms with Crippen LogP contribution >= 0.6 is 0 Å². The van der Waals surface area contributed by atoms with Crippen LogP contribution in [0.4, 0.5) is 5.69 Å². The normalized spacial score (nSPS) is 14.2. The van der Waals surface area contributed by atoms with Gasteiger partial charge in [0.1, 0.15) is 0 Å². The maximum absolute atomic E-state index is 10.5. The second-order valence-corrected chi connectivity index (χ2v) is 5.69. The van der Waals surface area contributed by atoms with Crippen molar-refractivity contribution in [2.45, 2.75) is 18.9 Å². The number of anilines is 1. The lowest BCUT2D eigenvalue weighted by Crippen LogP contribution is -2.19. The SMILES string of the molecule is CN(c1cccc(-c2ccc(/C=C/C(=O)O)cc2)c1)C1CC1. The van der Waals surface area contributed by atoms with E-state index in [1.807, 2.05) is 24.3 Å². The highest BCUT2D eigenvalue weighted by Crippen LogP contribution is 2.32. The first-order valence-corrected chi connectivity index (χ1v) is 7.48. The number of nitrogens with zero attached hydrogens (tertiary/aromatic N) is 1. The fourth-order valence-corrected chi connectivity index (χ4v) is 2.53. The number of carboxylic acid groups (broad SMARTS) is 1. The average Bonchev–Trinajstić information content (AvgIpc) is 3.38. The minimum Gasteiger partial charge on any atom is -0.478 e. The molecule has 0 aromatic heterocycles. The Balaban J connectivity index is 1.81. The third-order valence-electron chi connectivity index (χ3n) is 4.01. The molecule has 0 atom stereocenters. The Labute approximate surface area is 130 Å². The molecule has 2 aromatic rings. The molecular formula is C19H19NO2. The van der Waals surface area contributed by atoms with Crippen molar-refractivity contribution in [2.24, 2.45) is 0 Å². The van der Waals surface area contributed by atoms with Crippen molar-refractivity contribution in [3.63, 3.8) is 0 Å². The zero-order valence-corrected chi connectivity index (χ0v) is 12.6. The van der Waals surface area contributed by atoms with Gasteiger partial charge in [-0.25, -0.2) is 4.79 Å². The maximum Gasteiger partial charge on any atom is 0.328 e. The van der Waals surface area contributed by atoms with E-state index in [0.717, 1.165) is 17.2 Å². The van der Waals surface area contributed by atoms with Crippen molar-refractivity contribution >= 4 is 17.7 Å². The Hall–Kier alpha value is -2.55. The summed E-state index contributed by atoms with van der Waals surface area (Å²) < 4.78 is 0. The molecular weight excluding hydrogens is 274 g/mol. The fraction of sp³-hybridized carbons (Fsp3) is 0.211. The number of hydrogen-bond donors (Lipinski definition) is 1. The molecule has 0 radical (unpaired) electrons. The third kappa shape index (κ3) is 3.37. The van der Waals surface area contributed by atoms with Gasteiger partial charge in [-0.2, -0.15) is 0 Å². The minimum absolute atomic E-state index is 0.693. The first kappa shape index (κ1) is 14.4. The van der Waals surface area contributed by atoms with Gasteiger partial charge in [0.25, 0.3) is 0 Å². The Morgan fingerprint density at radius 1 is 1.14 bits per heavy atom. The molecule has 0 aliphatic heterocycles. The number of carbonyl (C=O) groups is 1. The number of rotatable bonds is 5. The van der Waals surface area contributed by atoms with Crippen LogP contribution < -0.4 is 4.90 Å². The smallest absolute Gasteiger partial charge is 0.328 e. The van der Waals surface area contributed by atoms with Crippen molar-refractivity contribution in [2.75, 3.05) is 11.9 Å². The van der Waals surface area contributed by atoms with Crippen LogP contribution in [0.1, 0.15) is 18.4 Å². The molecule has 0 saturated heterocycles. The van der Waals surface area contributed by atoms with Gasteiger partial charge in [0.2, 0.25) is 0 Å². The predicted octanol–water partition coefficient (Wildman–Crippen LogP) is 4.05. The Bertz CT molecular complexity index is 700.